The Morgan fingerprint density at radius 3 is 1.89 bits per heavy atom. The zero-order chi connectivity index (χ0) is 39.9. The van der Waals surface area contributed by atoms with E-state index in [4.69, 9.17) is 9.47 Å². The Morgan fingerprint density at radius 2 is 1.30 bits per heavy atom. The molecular formula is C47H57N3O6. The lowest BCUT2D eigenvalue weighted by molar-refractivity contribution is -0.134. The molecule has 56 heavy (non-hydrogen) atoms. The van der Waals surface area contributed by atoms with Crippen molar-refractivity contribution in [3.8, 4) is 11.1 Å². The van der Waals surface area contributed by atoms with Gasteiger partial charge in [0.05, 0.1) is 6.54 Å². The summed E-state index contributed by atoms with van der Waals surface area (Å²) >= 11 is 0. The van der Waals surface area contributed by atoms with Crippen LogP contribution in [0.1, 0.15) is 106 Å². The molecular weight excluding hydrogens is 703 g/mol. The van der Waals surface area contributed by atoms with E-state index >= 15 is 0 Å². The van der Waals surface area contributed by atoms with Crippen LogP contribution in [0.15, 0.2) is 109 Å². The minimum absolute atomic E-state index is 0.0112. The largest absolute Gasteiger partial charge is 0.449 e. The number of fused-ring (bicyclic) bond motifs is 3. The van der Waals surface area contributed by atoms with Crippen molar-refractivity contribution in [3.05, 3.63) is 131 Å². The van der Waals surface area contributed by atoms with E-state index in [0.717, 1.165) is 46.2 Å². The van der Waals surface area contributed by atoms with Crippen molar-refractivity contribution in [2.45, 2.75) is 90.2 Å². The molecule has 4 aromatic carbocycles. The van der Waals surface area contributed by atoms with E-state index in [1.54, 1.807) is 4.90 Å². The number of Topliss-reactive ketones (excluding diaryl/α,β-unsaturated/α-hetero) is 1. The second kappa shape index (κ2) is 21.0. The average molecular weight is 760 g/mol. The summed E-state index contributed by atoms with van der Waals surface area (Å²) in [6.07, 6.45) is 1.67. The Bertz CT molecular complexity index is 1840. The van der Waals surface area contributed by atoms with Crippen molar-refractivity contribution in [1.29, 1.82) is 0 Å². The van der Waals surface area contributed by atoms with Gasteiger partial charge in [-0.25, -0.2) is 9.59 Å². The minimum atomic E-state index is -0.849. The van der Waals surface area contributed by atoms with Crippen LogP contribution in [-0.2, 0) is 19.1 Å². The normalized spacial score (nSPS) is 13.5. The van der Waals surface area contributed by atoms with Crippen LogP contribution in [0.25, 0.3) is 11.1 Å². The number of alkyl carbamates (subject to hydrolysis) is 2. The number of carbonyl (C=O) groups is 4. The van der Waals surface area contributed by atoms with Crippen LogP contribution in [0.2, 0.25) is 0 Å². The molecule has 0 saturated heterocycles. The molecule has 3 amide bonds. The molecule has 0 bridgehead atoms. The van der Waals surface area contributed by atoms with Gasteiger partial charge in [-0.1, -0.05) is 143 Å². The SMILES string of the molecule is CCC[C@H](OC(=O)NCC(=O)CCN(C[C@@H](CC)c1ccccc1)C(=O)C(CCC(C)C)NC(=O)OCC1c2ccccc2-c2ccccc21)c1ccccc1. The lowest BCUT2D eigenvalue weighted by Crippen LogP contribution is -2.50. The van der Waals surface area contributed by atoms with Gasteiger partial charge in [0.25, 0.3) is 0 Å². The Labute approximate surface area is 332 Å². The van der Waals surface area contributed by atoms with Crippen LogP contribution < -0.4 is 10.6 Å². The number of nitrogens with one attached hydrogen (secondary N) is 2. The molecule has 0 fully saturated rings. The number of rotatable bonds is 20. The smallest absolute Gasteiger partial charge is 0.408 e. The highest BCUT2D eigenvalue weighted by Gasteiger charge is 2.32. The van der Waals surface area contributed by atoms with Gasteiger partial charge < -0.3 is 25.0 Å². The lowest BCUT2D eigenvalue weighted by atomic mass is 9.95. The van der Waals surface area contributed by atoms with Gasteiger partial charge in [-0.3, -0.25) is 9.59 Å². The molecule has 0 radical (unpaired) electrons. The third-order valence-corrected chi connectivity index (χ3v) is 10.5. The molecule has 0 heterocycles. The van der Waals surface area contributed by atoms with Crippen molar-refractivity contribution in [1.82, 2.24) is 15.5 Å². The fourth-order valence-corrected chi connectivity index (χ4v) is 7.43. The number of carbonyl (C=O) groups excluding carboxylic acids is 4. The molecule has 1 aliphatic rings. The summed E-state index contributed by atoms with van der Waals surface area (Å²) in [5.74, 6) is -0.307. The first-order valence-electron chi connectivity index (χ1n) is 20.1. The van der Waals surface area contributed by atoms with Crippen LogP contribution in [0, 0.1) is 5.92 Å². The topological polar surface area (TPSA) is 114 Å². The predicted octanol–water partition coefficient (Wildman–Crippen LogP) is 9.58. The van der Waals surface area contributed by atoms with Gasteiger partial charge >= 0.3 is 12.2 Å². The Morgan fingerprint density at radius 1 is 0.714 bits per heavy atom. The van der Waals surface area contributed by atoms with Gasteiger partial charge in [0.2, 0.25) is 5.91 Å². The molecule has 296 valence electrons. The lowest BCUT2D eigenvalue weighted by Gasteiger charge is -2.31. The third kappa shape index (κ3) is 11.5. The van der Waals surface area contributed by atoms with Gasteiger partial charge in [0, 0.05) is 31.3 Å². The molecule has 4 aromatic rings. The average Bonchev–Trinajstić information content (AvgIpc) is 3.54. The summed E-state index contributed by atoms with van der Waals surface area (Å²) in [4.78, 5) is 55.7. The van der Waals surface area contributed by atoms with E-state index in [1.165, 1.54) is 0 Å². The molecule has 1 aliphatic carbocycles. The third-order valence-electron chi connectivity index (χ3n) is 10.5. The van der Waals surface area contributed by atoms with Gasteiger partial charge in [-0.05, 0) is 65.0 Å². The number of ketones is 1. The molecule has 9 heteroatoms. The number of hydrogen-bond acceptors (Lipinski definition) is 6. The van der Waals surface area contributed by atoms with Crippen LogP contribution in [0.3, 0.4) is 0 Å². The number of nitrogens with zero attached hydrogens (tertiary/aromatic N) is 1. The summed E-state index contributed by atoms with van der Waals surface area (Å²) in [7, 11) is 0. The van der Waals surface area contributed by atoms with Crippen molar-refractivity contribution in [3.63, 3.8) is 0 Å². The van der Waals surface area contributed by atoms with E-state index in [0.29, 0.717) is 31.7 Å². The van der Waals surface area contributed by atoms with Crippen LogP contribution in [0.4, 0.5) is 9.59 Å². The summed E-state index contributed by atoms with van der Waals surface area (Å²) < 4.78 is 11.6. The Hall–Kier alpha value is -5.44. The van der Waals surface area contributed by atoms with Crippen LogP contribution >= 0.6 is 0 Å². The fourth-order valence-electron chi connectivity index (χ4n) is 7.43. The molecule has 0 spiro atoms. The summed E-state index contributed by atoms with van der Waals surface area (Å²) in [6.45, 7) is 8.66. The van der Waals surface area contributed by atoms with E-state index in [2.05, 4.69) is 55.7 Å². The first kappa shape index (κ1) is 41.7. The second-order valence-corrected chi connectivity index (χ2v) is 15.0. The summed E-state index contributed by atoms with van der Waals surface area (Å²) in [5.41, 5.74) is 6.47. The predicted molar refractivity (Wildman–Crippen MR) is 220 cm³/mol. The fraction of sp³-hybridized carbons (Fsp3) is 0.404. The number of benzene rings is 4. The monoisotopic (exact) mass is 759 g/mol. The maximum absolute atomic E-state index is 14.5. The molecule has 9 nitrogen and oxygen atoms in total. The van der Waals surface area contributed by atoms with Crippen molar-refractivity contribution in [2.75, 3.05) is 26.2 Å². The maximum atomic E-state index is 14.5. The van der Waals surface area contributed by atoms with Crippen molar-refractivity contribution >= 4 is 23.9 Å². The first-order chi connectivity index (χ1) is 27.2. The van der Waals surface area contributed by atoms with Gasteiger partial charge in [-0.2, -0.15) is 0 Å². The summed E-state index contributed by atoms with van der Waals surface area (Å²) in [6, 6.07) is 35.0. The van der Waals surface area contributed by atoms with Gasteiger partial charge in [-0.15, -0.1) is 0 Å². The highest BCUT2D eigenvalue weighted by atomic mass is 16.6. The highest BCUT2D eigenvalue weighted by Crippen LogP contribution is 2.44. The molecule has 0 aromatic heterocycles. The molecule has 3 atom stereocenters. The molecule has 0 saturated carbocycles. The van der Waals surface area contributed by atoms with E-state index in [9.17, 15) is 19.2 Å². The summed E-state index contributed by atoms with van der Waals surface area (Å²) in [5, 5.41) is 5.53. The Balaban J connectivity index is 1.25. The van der Waals surface area contributed by atoms with Crippen LogP contribution in [-0.4, -0.2) is 61.1 Å². The molecule has 0 aliphatic heterocycles. The molecule has 2 N–H and O–H groups in total. The zero-order valence-corrected chi connectivity index (χ0v) is 33.2. The van der Waals surface area contributed by atoms with Gasteiger partial charge in [0.15, 0.2) is 5.78 Å². The molecule has 1 unspecified atom stereocenters. The van der Waals surface area contributed by atoms with Crippen molar-refractivity contribution in [2.24, 2.45) is 5.92 Å². The number of hydrogen-bond donors (Lipinski definition) is 2. The molecule has 5 rings (SSSR count). The maximum Gasteiger partial charge on any atom is 0.408 e. The number of ether oxygens (including phenoxy) is 2. The standard InChI is InChI=1S/C47H57N3O6/c1-5-17-44(36-20-11-8-12-21-36)56-46(53)48-30-37(51)28-29-50(31-34(6-2)35-18-9-7-10-19-35)45(52)43(27-26-33(3)4)49-47(54)55-32-42-40-24-15-13-22-38(40)39-23-14-16-25-41(39)42/h7-16,18-25,33-34,42-44H,5-6,17,26-32H2,1-4H3,(H,48,53)(H,49,54)/t34-,43?,44+/m1/s1. The van der Waals surface area contributed by atoms with E-state index in [-0.39, 0.29) is 49.6 Å². The first-order valence-corrected chi connectivity index (χ1v) is 20.1. The van der Waals surface area contributed by atoms with Gasteiger partial charge in [0.1, 0.15) is 18.8 Å². The highest BCUT2D eigenvalue weighted by molar-refractivity contribution is 5.87. The quantitative estimate of drug-likeness (QED) is 0.0928. The minimum Gasteiger partial charge on any atom is -0.449 e. The Kier molecular flexibility index (Phi) is 15.7. The number of amides is 3. The van der Waals surface area contributed by atoms with E-state index < -0.39 is 24.3 Å². The van der Waals surface area contributed by atoms with Crippen LogP contribution in [0.5, 0.6) is 0 Å². The van der Waals surface area contributed by atoms with Crippen molar-refractivity contribution < 1.29 is 28.7 Å². The second-order valence-electron chi connectivity index (χ2n) is 15.0. The van der Waals surface area contributed by atoms with E-state index in [1.807, 2.05) is 91.9 Å². The zero-order valence-electron chi connectivity index (χ0n) is 33.2.